The Balaban J connectivity index is 1.57. The molecule has 2 fully saturated rings. The lowest BCUT2D eigenvalue weighted by atomic mass is 9.89. The molecule has 2 amide bonds. The van der Waals surface area contributed by atoms with Crippen LogP contribution in [0.25, 0.3) is 0 Å². The molecule has 1 saturated heterocycles. The van der Waals surface area contributed by atoms with Gasteiger partial charge in [-0.25, -0.2) is 0 Å². The Bertz CT molecular complexity index is 703. The van der Waals surface area contributed by atoms with Crippen LogP contribution in [0.2, 0.25) is 0 Å². The maximum Gasteiger partial charge on any atom is 0.325 e. The van der Waals surface area contributed by atoms with E-state index in [1.165, 1.54) is 19.3 Å². The van der Waals surface area contributed by atoms with Crippen molar-refractivity contribution in [3.8, 4) is 0 Å². The Hall–Kier alpha value is -2.41. The van der Waals surface area contributed by atoms with E-state index < -0.39 is 24.1 Å². The number of amides is 2. The fraction of sp³-hybridized carbons (Fsp3) is 0.591. The van der Waals surface area contributed by atoms with Crippen LogP contribution in [0.4, 0.5) is 0 Å². The van der Waals surface area contributed by atoms with E-state index in [-0.39, 0.29) is 18.4 Å². The van der Waals surface area contributed by atoms with Gasteiger partial charge in [-0.1, -0.05) is 49.6 Å². The second-order valence-corrected chi connectivity index (χ2v) is 7.87. The fourth-order valence-corrected chi connectivity index (χ4v) is 3.88. The van der Waals surface area contributed by atoms with Crippen molar-refractivity contribution in [2.45, 2.75) is 63.6 Å². The first kappa shape index (κ1) is 21.3. The molecule has 2 aliphatic rings. The molecule has 1 saturated carbocycles. The van der Waals surface area contributed by atoms with Gasteiger partial charge in [-0.15, -0.1) is 0 Å². The maximum absolute atomic E-state index is 12.8. The zero-order valence-electron chi connectivity index (χ0n) is 17.0. The molecule has 1 aromatic rings. The summed E-state index contributed by atoms with van der Waals surface area (Å²) in [5, 5.41) is 8.67. The van der Waals surface area contributed by atoms with E-state index in [0.29, 0.717) is 18.9 Å². The number of nitrogens with one attached hydrogen (secondary N) is 3. The fourth-order valence-electron chi connectivity index (χ4n) is 3.88. The molecule has 1 aliphatic carbocycles. The average molecular weight is 402 g/mol. The van der Waals surface area contributed by atoms with Crippen LogP contribution in [0.1, 0.15) is 44.6 Å². The molecule has 0 aromatic heterocycles. The van der Waals surface area contributed by atoms with Crippen molar-refractivity contribution in [2.75, 3.05) is 13.2 Å². The summed E-state index contributed by atoms with van der Waals surface area (Å²) in [6.45, 7) is 2.64. The zero-order valence-corrected chi connectivity index (χ0v) is 17.0. The molecule has 29 heavy (non-hydrogen) atoms. The average Bonchev–Trinajstić information content (AvgIpc) is 3.54. The third kappa shape index (κ3) is 6.29. The van der Waals surface area contributed by atoms with Crippen LogP contribution < -0.4 is 16.0 Å². The van der Waals surface area contributed by atoms with E-state index in [1.807, 2.05) is 30.3 Å². The summed E-state index contributed by atoms with van der Waals surface area (Å²) in [4.78, 5) is 37.2. The zero-order chi connectivity index (χ0) is 20.6. The molecule has 0 unspecified atom stereocenters. The van der Waals surface area contributed by atoms with Gasteiger partial charge in [-0.3, -0.25) is 19.7 Å². The van der Waals surface area contributed by atoms with Crippen molar-refractivity contribution in [2.24, 2.45) is 5.92 Å². The Kier molecular flexibility index (Phi) is 7.63. The Labute approximate surface area is 172 Å². The standard InChI is InChI=1S/C22H31N3O4/c1-2-29-22(28)19-18(25-19)21(27)24-17(13-15-9-5-3-6-10-15)20(26)23-14-16-11-7-4-8-12-16/h3,5-6,9-10,16-19,25H,2,4,7-8,11-14H2,1H3,(H,23,26)(H,24,27)/t17-,18-,19-/m0/s1. The number of benzene rings is 1. The molecule has 158 valence electrons. The first-order valence-corrected chi connectivity index (χ1v) is 10.6. The number of carbonyl (C=O) groups excluding carboxylic acids is 3. The minimum Gasteiger partial charge on any atom is -0.465 e. The molecule has 3 rings (SSSR count). The summed E-state index contributed by atoms with van der Waals surface area (Å²) in [5.74, 6) is -0.453. The van der Waals surface area contributed by atoms with Crippen molar-refractivity contribution in [3.63, 3.8) is 0 Å². The van der Waals surface area contributed by atoms with E-state index in [9.17, 15) is 14.4 Å². The second kappa shape index (κ2) is 10.4. The third-order valence-electron chi connectivity index (χ3n) is 5.61. The molecule has 1 heterocycles. The molecule has 1 aromatic carbocycles. The van der Waals surface area contributed by atoms with Crippen LogP contribution in [-0.4, -0.2) is 49.1 Å². The normalized spacial score (nSPS) is 22.4. The minimum absolute atomic E-state index is 0.180. The lowest BCUT2D eigenvalue weighted by Gasteiger charge is -2.24. The molecule has 7 nitrogen and oxygen atoms in total. The second-order valence-electron chi connectivity index (χ2n) is 7.87. The number of hydrogen-bond donors (Lipinski definition) is 3. The summed E-state index contributed by atoms with van der Waals surface area (Å²) in [7, 11) is 0. The van der Waals surface area contributed by atoms with Crippen molar-refractivity contribution in [1.29, 1.82) is 0 Å². The Morgan fingerprint density at radius 2 is 1.83 bits per heavy atom. The number of ether oxygens (including phenoxy) is 1. The van der Waals surface area contributed by atoms with Crippen molar-refractivity contribution >= 4 is 17.8 Å². The highest BCUT2D eigenvalue weighted by atomic mass is 16.5. The van der Waals surface area contributed by atoms with E-state index in [0.717, 1.165) is 18.4 Å². The Morgan fingerprint density at radius 3 is 2.52 bits per heavy atom. The lowest BCUT2D eigenvalue weighted by Crippen LogP contribution is -2.50. The monoisotopic (exact) mass is 401 g/mol. The molecular formula is C22H31N3O4. The van der Waals surface area contributed by atoms with Crippen molar-refractivity contribution < 1.29 is 19.1 Å². The molecule has 0 bridgehead atoms. The van der Waals surface area contributed by atoms with Crippen molar-refractivity contribution in [1.82, 2.24) is 16.0 Å². The van der Waals surface area contributed by atoms with Gasteiger partial charge >= 0.3 is 5.97 Å². The summed E-state index contributed by atoms with van der Waals surface area (Å²) in [5.41, 5.74) is 0.969. The van der Waals surface area contributed by atoms with Gasteiger partial charge in [0.05, 0.1) is 6.61 Å². The largest absolute Gasteiger partial charge is 0.465 e. The predicted molar refractivity (Wildman–Crippen MR) is 109 cm³/mol. The van der Waals surface area contributed by atoms with Gasteiger partial charge in [0, 0.05) is 13.0 Å². The molecule has 7 heteroatoms. The van der Waals surface area contributed by atoms with Gasteiger partial charge in [-0.2, -0.15) is 0 Å². The van der Waals surface area contributed by atoms with Gasteiger partial charge in [0.25, 0.3) is 0 Å². The van der Waals surface area contributed by atoms with E-state index in [1.54, 1.807) is 6.92 Å². The van der Waals surface area contributed by atoms with Crippen molar-refractivity contribution in [3.05, 3.63) is 35.9 Å². The van der Waals surface area contributed by atoms with E-state index >= 15 is 0 Å². The minimum atomic E-state index is -0.682. The van der Waals surface area contributed by atoms with Crippen LogP contribution >= 0.6 is 0 Å². The summed E-state index contributed by atoms with van der Waals surface area (Å²) in [6, 6.07) is 7.66. The first-order valence-electron chi connectivity index (χ1n) is 10.6. The van der Waals surface area contributed by atoms with Gasteiger partial charge in [0.15, 0.2) is 0 Å². The number of carbonyl (C=O) groups is 3. The lowest BCUT2D eigenvalue weighted by molar-refractivity contribution is -0.143. The summed E-state index contributed by atoms with van der Waals surface area (Å²) >= 11 is 0. The number of esters is 1. The SMILES string of the molecule is CCOC(=O)[C@H]1N[C@@H]1C(=O)N[C@@H](Cc1ccccc1)C(=O)NCC1CCCCC1. The number of hydrogen-bond acceptors (Lipinski definition) is 5. The van der Waals surface area contributed by atoms with Crippen LogP contribution in [-0.2, 0) is 25.5 Å². The van der Waals surface area contributed by atoms with Crippen LogP contribution in [0.3, 0.4) is 0 Å². The highest BCUT2D eigenvalue weighted by molar-refractivity contribution is 5.97. The highest BCUT2D eigenvalue weighted by Crippen LogP contribution is 2.22. The van der Waals surface area contributed by atoms with Crippen LogP contribution in [0, 0.1) is 5.92 Å². The Morgan fingerprint density at radius 1 is 1.10 bits per heavy atom. The smallest absolute Gasteiger partial charge is 0.325 e. The molecular weight excluding hydrogens is 370 g/mol. The molecule has 0 radical (unpaired) electrons. The van der Waals surface area contributed by atoms with Crippen LogP contribution in [0.5, 0.6) is 0 Å². The van der Waals surface area contributed by atoms with Crippen LogP contribution in [0.15, 0.2) is 30.3 Å². The summed E-state index contributed by atoms with van der Waals surface area (Å²) in [6.07, 6.45) is 6.39. The van der Waals surface area contributed by atoms with Gasteiger partial charge in [0.1, 0.15) is 18.1 Å². The van der Waals surface area contributed by atoms with E-state index in [2.05, 4.69) is 16.0 Å². The summed E-state index contributed by atoms with van der Waals surface area (Å²) < 4.78 is 4.94. The molecule has 3 atom stereocenters. The predicted octanol–water partition coefficient (Wildman–Crippen LogP) is 1.31. The number of rotatable bonds is 9. The highest BCUT2D eigenvalue weighted by Gasteiger charge is 2.49. The molecule has 1 aliphatic heterocycles. The first-order chi connectivity index (χ1) is 14.1. The molecule has 3 N–H and O–H groups in total. The van der Waals surface area contributed by atoms with Gasteiger partial charge < -0.3 is 15.4 Å². The molecule has 0 spiro atoms. The van der Waals surface area contributed by atoms with Gasteiger partial charge in [0.2, 0.25) is 11.8 Å². The van der Waals surface area contributed by atoms with Gasteiger partial charge in [-0.05, 0) is 31.2 Å². The third-order valence-corrected chi connectivity index (χ3v) is 5.61. The topological polar surface area (TPSA) is 106 Å². The van der Waals surface area contributed by atoms with E-state index in [4.69, 9.17) is 4.74 Å². The maximum atomic E-state index is 12.8. The quantitative estimate of drug-likeness (QED) is 0.427.